The Bertz CT molecular complexity index is 615. The highest BCUT2D eigenvalue weighted by atomic mass is 16.3. The monoisotopic (exact) mass is 303 g/mol. The molecule has 2 aromatic rings. The molecule has 8 nitrogen and oxygen atoms in total. The number of nitrogens with one attached hydrogen (secondary N) is 1. The molecule has 0 saturated carbocycles. The fourth-order valence-corrected chi connectivity index (χ4v) is 2.58. The molecule has 2 aromatic heterocycles. The summed E-state index contributed by atoms with van der Waals surface area (Å²) in [6.45, 7) is 5.10. The molecular weight excluding hydrogens is 282 g/mol. The minimum Gasteiger partial charge on any atom is -0.391 e. The lowest BCUT2D eigenvalue weighted by Gasteiger charge is -2.17. The van der Waals surface area contributed by atoms with E-state index < -0.39 is 0 Å². The van der Waals surface area contributed by atoms with E-state index in [2.05, 4.69) is 37.3 Å². The van der Waals surface area contributed by atoms with E-state index in [1.807, 2.05) is 10.6 Å². The number of aryl methyl sites for hydroxylation is 1. The molecule has 0 aliphatic carbocycles. The molecule has 1 fully saturated rings. The van der Waals surface area contributed by atoms with Crippen LogP contribution >= 0.6 is 0 Å². The third-order valence-electron chi connectivity index (χ3n) is 3.80. The van der Waals surface area contributed by atoms with Crippen molar-refractivity contribution in [2.45, 2.75) is 32.4 Å². The van der Waals surface area contributed by atoms with Crippen molar-refractivity contribution >= 4 is 11.8 Å². The number of β-amino-alcohol motifs (C(OH)–C–C–N with tert-alkyl or cyclic N) is 1. The summed E-state index contributed by atoms with van der Waals surface area (Å²) in [6, 6.07) is 1.87. The Morgan fingerprint density at radius 3 is 3.14 bits per heavy atom. The minimum atomic E-state index is -0.258. The van der Waals surface area contributed by atoms with Gasteiger partial charge in [-0.3, -0.25) is 0 Å². The lowest BCUT2D eigenvalue weighted by Crippen LogP contribution is -2.22. The predicted octanol–water partition coefficient (Wildman–Crippen LogP) is 0.314. The van der Waals surface area contributed by atoms with Crippen LogP contribution < -0.4 is 10.2 Å². The van der Waals surface area contributed by atoms with Gasteiger partial charge in [-0.2, -0.15) is 4.98 Å². The van der Waals surface area contributed by atoms with E-state index in [0.717, 1.165) is 37.6 Å². The van der Waals surface area contributed by atoms with Gasteiger partial charge < -0.3 is 19.9 Å². The maximum Gasteiger partial charge on any atom is 0.224 e. The normalized spacial score (nSPS) is 17.9. The second kappa shape index (κ2) is 6.69. The van der Waals surface area contributed by atoms with Crippen molar-refractivity contribution in [3.05, 3.63) is 24.4 Å². The summed E-state index contributed by atoms with van der Waals surface area (Å²) >= 11 is 0. The van der Waals surface area contributed by atoms with Crippen molar-refractivity contribution in [2.24, 2.45) is 0 Å². The molecule has 1 atom stereocenters. The first-order valence-corrected chi connectivity index (χ1v) is 7.63. The Labute approximate surface area is 129 Å². The lowest BCUT2D eigenvalue weighted by molar-refractivity contribution is 0.198. The molecule has 1 aliphatic heterocycles. The maximum absolute atomic E-state index is 9.61. The molecule has 0 radical (unpaired) electrons. The van der Waals surface area contributed by atoms with Crippen molar-refractivity contribution in [3.8, 4) is 0 Å². The Balaban J connectivity index is 1.56. The third-order valence-corrected chi connectivity index (χ3v) is 3.80. The Morgan fingerprint density at radius 2 is 2.36 bits per heavy atom. The summed E-state index contributed by atoms with van der Waals surface area (Å²) in [4.78, 5) is 10.8. The van der Waals surface area contributed by atoms with Crippen LogP contribution in [-0.2, 0) is 13.0 Å². The van der Waals surface area contributed by atoms with Gasteiger partial charge in [0.2, 0.25) is 5.95 Å². The lowest BCUT2D eigenvalue weighted by atomic mass is 10.3. The quantitative estimate of drug-likeness (QED) is 0.793. The number of rotatable bonds is 6. The van der Waals surface area contributed by atoms with Crippen LogP contribution in [0.3, 0.4) is 0 Å². The fourth-order valence-electron chi connectivity index (χ4n) is 2.58. The average Bonchev–Trinajstić information content (AvgIpc) is 3.16. The first-order chi connectivity index (χ1) is 10.8. The van der Waals surface area contributed by atoms with Crippen LogP contribution in [0.1, 0.15) is 19.2 Å². The zero-order valence-corrected chi connectivity index (χ0v) is 12.7. The molecule has 0 spiro atoms. The van der Waals surface area contributed by atoms with Gasteiger partial charge >= 0.3 is 0 Å². The Hall–Kier alpha value is -2.22. The average molecular weight is 303 g/mol. The summed E-state index contributed by atoms with van der Waals surface area (Å²) < 4.78 is 2.02. The minimum absolute atomic E-state index is 0.258. The highest BCUT2D eigenvalue weighted by Gasteiger charge is 2.21. The van der Waals surface area contributed by atoms with Gasteiger partial charge in [-0.25, -0.2) is 4.98 Å². The first-order valence-electron chi connectivity index (χ1n) is 7.63. The van der Waals surface area contributed by atoms with E-state index in [1.165, 1.54) is 0 Å². The molecule has 2 N–H and O–H groups in total. The molecule has 8 heteroatoms. The summed E-state index contributed by atoms with van der Waals surface area (Å²) in [6.07, 6.45) is 4.78. The van der Waals surface area contributed by atoms with Crippen molar-refractivity contribution in [2.75, 3.05) is 29.9 Å². The number of aliphatic hydroxyl groups is 1. The van der Waals surface area contributed by atoms with Crippen molar-refractivity contribution < 1.29 is 5.11 Å². The molecule has 0 bridgehead atoms. The van der Waals surface area contributed by atoms with Crippen molar-refractivity contribution in [1.82, 2.24) is 24.7 Å². The molecular formula is C14H21N7O. The number of nitrogens with zero attached hydrogens (tertiary/aromatic N) is 6. The summed E-state index contributed by atoms with van der Waals surface area (Å²) in [7, 11) is 0. The molecule has 118 valence electrons. The number of anilines is 2. The molecule has 1 saturated heterocycles. The van der Waals surface area contributed by atoms with Gasteiger partial charge in [-0.1, -0.05) is 0 Å². The van der Waals surface area contributed by atoms with Crippen LogP contribution in [0.25, 0.3) is 0 Å². The SMILES string of the molecule is CCn1cnnc1CCNc1nccc(N2CC[C@H](O)C2)n1. The maximum atomic E-state index is 9.61. The van der Waals surface area contributed by atoms with E-state index in [4.69, 9.17) is 0 Å². The zero-order chi connectivity index (χ0) is 15.4. The van der Waals surface area contributed by atoms with Gasteiger partial charge in [0.1, 0.15) is 18.0 Å². The van der Waals surface area contributed by atoms with Gasteiger partial charge in [-0.15, -0.1) is 10.2 Å². The van der Waals surface area contributed by atoms with Crippen LogP contribution in [0.15, 0.2) is 18.6 Å². The van der Waals surface area contributed by atoms with E-state index in [-0.39, 0.29) is 6.10 Å². The zero-order valence-electron chi connectivity index (χ0n) is 12.7. The summed E-state index contributed by atoms with van der Waals surface area (Å²) in [5.41, 5.74) is 0. The number of hydrogen-bond donors (Lipinski definition) is 2. The van der Waals surface area contributed by atoms with E-state index in [1.54, 1.807) is 12.5 Å². The fraction of sp³-hybridized carbons (Fsp3) is 0.571. The molecule has 0 amide bonds. The highest BCUT2D eigenvalue weighted by Crippen LogP contribution is 2.18. The van der Waals surface area contributed by atoms with Crippen LogP contribution in [0, 0.1) is 0 Å². The van der Waals surface area contributed by atoms with Crippen molar-refractivity contribution in [1.29, 1.82) is 0 Å². The van der Waals surface area contributed by atoms with Gasteiger partial charge in [0.05, 0.1) is 6.10 Å². The standard InChI is InChI=1S/C14H21N7O/c1-2-20-10-17-19-13(20)4-7-16-14-15-6-3-12(18-14)21-8-5-11(22)9-21/h3,6,10-11,22H,2,4-5,7-9H2,1H3,(H,15,16,18)/t11-/m0/s1. The Morgan fingerprint density at radius 1 is 1.45 bits per heavy atom. The summed E-state index contributed by atoms with van der Waals surface area (Å²) in [5, 5.41) is 20.8. The highest BCUT2D eigenvalue weighted by molar-refractivity contribution is 5.43. The van der Waals surface area contributed by atoms with Crippen LogP contribution in [-0.4, -0.2) is 55.6 Å². The predicted molar refractivity (Wildman–Crippen MR) is 82.8 cm³/mol. The molecule has 0 aromatic carbocycles. The Kier molecular flexibility index (Phi) is 4.47. The van der Waals surface area contributed by atoms with E-state index in [0.29, 0.717) is 19.0 Å². The molecule has 3 rings (SSSR count). The van der Waals surface area contributed by atoms with Gasteiger partial charge in [-0.05, 0) is 19.4 Å². The van der Waals surface area contributed by atoms with Gasteiger partial charge in [0.15, 0.2) is 0 Å². The number of aliphatic hydroxyl groups excluding tert-OH is 1. The van der Waals surface area contributed by atoms with Gasteiger partial charge in [0.25, 0.3) is 0 Å². The molecule has 1 aliphatic rings. The van der Waals surface area contributed by atoms with Crippen LogP contribution in [0.5, 0.6) is 0 Å². The number of aromatic nitrogens is 5. The molecule has 0 unspecified atom stereocenters. The largest absolute Gasteiger partial charge is 0.391 e. The number of hydrogen-bond acceptors (Lipinski definition) is 7. The van der Waals surface area contributed by atoms with Crippen LogP contribution in [0.2, 0.25) is 0 Å². The third kappa shape index (κ3) is 3.33. The topological polar surface area (TPSA) is 92.0 Å². The second-order valence-electron chi connectivity index (χ2n) is 5.34. The van der Waals surface area contributed by atoms with Crippen LogP contribution in [0.4, 0.5) is 11.8 Å². The molecule has 3 heterocycles. The van der Waals surface area contributed by atoms with Crippen molar-refractivity contribution in [3.63, 3.8) is 0 Å². The first kappa shape index (κ1) is 14.7. The second-order valence-corrected chi connectivity index (χ2v) is 5.34. The smallest absolute Gasteiger partial charge is 0.224 e. The van der Waals surface area contributed by atoms with Gasteiger partial charge in [0, 0.05) is 38.8 Å². The summed E-state index contributed by atoms with van der Waals surface area (Å²) in [5.74, 6) is 2.40. The van der Waals surface area contributed by atoms with E-state index >= 15 is 0 Å². The van der Waals surface area contributed by atoms with E-state index in [9.17, 15) is 5.11 Å². The molecule has 22 heavy (non-hydrogen) atoms.